The van der Waals surface area contributed by atoms with Crippen LogP contribution in [0.2, 0.25) is 0 Å². The molecule has 0 aliphatic carbocycles. The fourth-order valence-corrected chi connectivity index (χ4v) is 6.38. The number of halogens is 1. The van der Waals surface area contributed by atoms with E-state index in [1.807, 2.05) is 13.8 Å². The first-order chi connectivity index (χ1) is 12.4. The van der Waals surface area contributed by atoms with E-state index in [-0.39, 0.29) is 5.82 Å². The first kappa shape index (κ1) is 18.7. The van der Waals surface area contributed by atoms with Crippen LogP contribution in [-0.4, -0.2) is 33.9 Å². The molecule has 1 aliphatic heterocycles. The van der Waals surface area contributed by atoms with Crippen LogP contribution < -0.4 is 5.30 Å². The standard InChI is InChI=1S/C17H19FN5OPS/c1-4-24-25(26)15-12(2)21-23(11-7-10-19)17(15)20-16(22(25)3)13-8-5-6-9-14(13)18/h5-6,8-9H,4,7,11H2,1-3H3/t25-/m0/s1. The highest BCUT2D eigenvalue weighted by atomic mass is 32.4. The van der Waals surface area contributed by atoms with Crippen molar-refractivity contribution in [1.29, 1.82) is 5.26 Å². The predicted molar refractivity (Wildman–Crippen MR) is 103 cm³/mol. The first-order valence-electron chi connectivity index (χ1n) is 8.21. The molecular formula is C17H19FN5OPS. The second-order valence-electron chi connectivity index (χ2n) is 5.77. The van der Waals surface area contributed by atoms with Crippen molar-refractivity contribution >= 4 is 35.2 Å². The van der Waals surface area contributed by atoms with Gasteiger partial charge in [0.15, 0.2) is 12.2 Å². The summed E-state index contributed by atoms with van der Waals surface area (Å²) in [6.07, 6.45) is -2.38. The largest absolute Gasteiger partial charge is 0.331 e. The van der Waals surface area contributed by atoms with E-state index in [4.69, 9.17) is 21.6 Å². The molecule has 3 rings (SSSR count). The molecule has 1 aliphatic rings. The smallest absolute Gasteiger partial charge is 0.192 e. The highest BCUT2D eigenvalue weighted by Gasteiger charge is 2.40. The summed E-state index contributed by atoms with van der Waals surface area (Å²) < 4.78 is 23.9. The topological polar surface area (TPSA) is 66.4 Å². The molecule has 2 heterocycles. The molecule has 0 spiro atoms. The Hall–Kier alpha value is -2.07. The Kier molecular flexibility index (Phi) is 5.24. The maximum atomic E-state index is 14.4. The number of fused-ring (bicyclic) bond motifs is 1. The minimum absolute atomic E-state index is 0.297. The predicted octanol–water partition coefficient (Wildman–Crippen LogP) is 3.24. The van der Waals surface area contributed by atoms with Crippen LogP contribution >= 0.6 is 6.42 Å². The molecule has 26 heavy (non-hydrogen) atoms. The highest BCUT2D eigenvalue weighted by Crippen LogP contribution is 2.55. The molecule has 136 valence electrons. The molecule has 0 N–H and O–H groups in total. The molecular weight excluding hydrogens is 372 g/mol. The number of rotatable bonds is 5. The lowest BCUT2D eigenvalue weighted by Crippen LogP contribution is -2.35. The van der Waals surface area contributed by atoms with Gasteiger partial charge in [0.25, 0.3) is 0 Å². The van der Waals surface area contributed by atoms with Gasteiger partial charge in [-0.25, -0.2) is 14.1 Å². The lowest BCUT2D eigenvalue weighted by Gasteiger charge is -2.36. The third kappa shape index (κ3) is 2.96. The number of hydrogen-bond donors (Lipinski definition) is 0. The zero-order chi connectivity index (χ0) is 18.9. The van der Waals surface area contributed by atoms with Crippen molar-refractivity contribution in [3.63, 3.8) is 0 Å². The van der Waals surface area contributed by atoms with E-state index >= 15 is 0 Å². The Labute approximate surface area is 157 Å². The lowest BCUT2D eigenvalue weighted by molar-refractivity contribution is 0.362. The number of aryl methyl sites for hydroxylation is 2. The van der Waals surface area contributed by atoms with Gasteiger partial charge < -0.3 is 9.19 Å². The van der Waals surface area contributed by atoms with Gasteiger partial charge in [-0.05, 0) is 37.8 Å². The van der Waals surface area contributed by atoms with E-state index in [0.29, 0.717) is 36.8 Å². The SMILES string of the molecule is CCO[P@]1(=S)c2c(C)nn(CCC#N)c2N=C(c2ccccc2F)N1C. The van der Waals surface area contributed by atoms with Crippen LogP contribution in [-0.2, 0) is 22.9 Å². The number of nitriles is 1. The zero-order valence-corrected chi connectivity index (χ0v) is 16.5. The summed E-state index contributed by atoms with van der Waals surface area (Å²) in [7, 11) is 1.79. The molecule has 0 radical (unpaired) electrons. The van der Waals surface area contributed by atoms with Gasteiger partial charge in [-0.1, -0.05) is 12.1 Å². The Morgan fingerprint density at radius 3 is 2.77 bits per heavy atom. The number of nitrogens with zero attached hydrogens (tertiary/aromatic N) is 5. The molecule has 0 saturated heterocycles. The van der Waals surface area contributed by atoms with Crippen molar-refractivity contribution < 1.29 is 8.91 Å². The molecule has 0 unspecified atom stereocenters. The molecule has 1 atom stereocenters. The van der Waals surface area contributed by atoms with Crippen LogP contribution in [0.5, 0.6) is 0 Å². The normalized spacial score (nSPS) is 19.0. The Bertz CT molecular complexity index is 965. The molecule has 1 aromatic heterocycles. The monoisotopic (exact) mass is 391 g/mol. The van der Waals surface area contributed by atoms with Crippen LogP contribution in [0.15, 0.2) is 29.3 Å². The maximum absolute atomic E-state index is 14.4. The summed E-state index contributed by atoms with van der Waals surface area (Å²) in [5.74, 6) is 0.607. The molecule has 9 heteroatoms. The van der Waals surface area contributed by atoms with Gasteiger partial charge in [-0.3, -0.25) is 0 Å². The van der Waals surface area contributed by atoms with Gasteiger partial charge in [0, 0.05) is 7.05 Å². The van der Waals surface area contributed by atoms with Gasteiger partial charge in [0.2, 0.25) is 0 Å². The summed E-state index contributed by atoms with van der Waals surface area (Å²) in [5, 5.41) is 14.2. The van der Waals surface area contributed by atoms with Crippen molar-refractivity contribution in [2.75, 3.05) is 13.7 Å². The molecule has 1 aromatic carbocycles. The average Bonchev–Trinajstić information content (AvgIpc) is 2.93. The summed E-state index contributed by atoms with van der Waals surface area (Å²) in [5.41, 5.74) is 1.10. The summed E-state index contributed by atoms with van der Waals surface area (Å²) >= 11 is 5.96. The Morgan fingerprint density at radius 2 is 2.12 bits per heavy atom. The van der Waals surface area contributed by atoms with E-state index in [9.17, 15) is 4.39 Å². The van der Waals surface area contributed by atoms with Gasteiger partial charge in [0.1, 0.15) is 11.7 Å². The third-order valence-electron chi connectivity index (χ3n) is 4.12. The quantitative estimate of drug-likeness (QED) is 0.732. The van der Waals surface area contributed by atoms with E-state index < -0.39 is 6.42 Å². The van der Waals surface area contributed by atoms with E-state index in [0.717, 1.165) is 11.0 Å². The number of aliphatic imine (C=N–C) groups is 1. The maximum Gasteiger partial charge on any atom is 0.192 e. The van der Waals surface area contributed by atoms with Crippen LogP contribution in [0, 0.1) is 24.1 Å². The fourth-order valence-electron chi connectivity index (χ4n) is 2.96. The van der Waals surface area contributed by atoms with E-state index in [2.05, 4.69) is 16.2 Å². The Balaban J connectivity index is 2.27. The average molecular weight is 391 g/mol. The van der Waals surface area contributed by atoms with Crippen molar-refractivity contribution in [1.82, 2.24) is 14.5 Å². The number of hydrogen-bond acceptors (Lipinski definition) is 5. The van der Waals surface area contributed by atoms with Crippen LogP contribution in [0.3, 0.4) is 0 Å². The lowest BCUT2D eigenvalue weighted by atomic mass is 10.2. The molecule has 0 saturated carbocycles. The molecule has 2 aromatic rings. The minimum atomic E-state index is -2.68. The molecule has 0 amide bonds. The number of aromatic nitrogens is 2. The van der Waals surface area contributed by atoms with Crippen LogP contribution in [0.25, 0.3) is 0 Å². The van der Waals surface area contributed by atoms with Gasteiger partial charge in [-0.2, -0.15) is 10.4 Å². The van der Waals surface area contributed by atoms with Crippen LogP contribution in [0.1, 0.15) is 24.6 Å². The summed E-state index contributed by atoms with van der Waals surface area (Å²) in [6.45, 7) is 4.56. The highest BCUT2D eigenvalue weighted by molar-refractivity contribution is 8.15. The molecule has 0 bridgehead atoms. The third-order valence-corrected chi connectivity index (χ3v) is 8.39. The van der Waals surface area contributed by atoms with Crippen molar-refractivity contribution in [3.8, 4) is 6.07 Å². The zero-order valence-electron chi connectivity index (χ0n) is 14.8. The van der Waals surface area contributed by atoms with Gasteiger partial charge in [0.05, 0.1) is 42.2 Å². The van der Waals surface area contributed by atoms with Crippen LogP contribution in [0.4, 0.5) is 10.2 Å². The fraction of sp³-hybridized carbons (Fsp3) is 0.353. The van der Waals surface area contributed by atoms with Crippen molar-refractivity contribution in [2.45, 2.75) is 26.8 Å². The summed E-state index contributed by atoms with van der Waals surface area (Å²) in [6, 6.07) is 8.56. The van der Waals surface area contributed by atoms with Gasteiger partial charge in [-0.15, -0.1) is 0 Å². The van der Waals surface area contributed by atoms with Crippen molar-refractivity contribution in [3.05, 3.63) is 41.3 Å². The Morgan fingerprint density at radius 1 is 1.38 bits per heavy atom. The van der Waals surface area contributed by atoms with Crippen molar-refractivity contribution in [2.24, 2.45) is 4.99 Å². The summed E-state index contributed by atoms with van der Waals surface area (Å²) in [4.78, 5) is 4.68. The first-order valence-corrected chi connectivity index (χ1v) is 10.9. The number of amidine groups is 1. The molecule has 0 fully saturated rings. The number of benzene rings is 1. The van der Waals surface area contributed by atoms with E-state index in [1.54, 1.807) is 34.6 Å². The second kappa shape index (κ2) is 7.28. The minimum Gasteiger partial charge on any atom is -0.331 e. The second-order valence-corrected chi connectivity index (χ2v) is 9.60. The van der Waals surface area contributed by atoms with E-state index in [1.165, 1.54) is 6.07 Å². The molecule has 6 nitrogen and oxygen atoms in total. The van der Waals surface area contributed by atoms with Gasteiger partial charge >= 0.3 is 0 Å².